The third kappa shape index (κ3) is 3.80. The Balaban J connectivity index is 1.23. The van der Waals surface area contributed by atoms with Crippen molar-refractivity contribution in [3.8, 4) is 17.0 Å². The highest BCUT2D eigenvalue weighted by molar-refractivity contribution is 6.08. The third-order valence-electron chi connectivity index (χ3n) is 7.78. The van der Waals surface area contributed by atoms with Crippen molar-refractivity contribution in [2.75, 3.05) is 13.7 Å². The lowest BCUT2D eigenvalue weighted by molar-refractivity contribution is -0.124. The van der Waals surface area contributed by atoms with Gasteiger partial charge in [0.1, 0.15) is 17.6 Å². The Morgan fingerprint density at radius 1 is 1.05 bits per heavy atom. The van der Waals surface area contributed by atoms with E-state index in [1.807, 2.05) is 24.5 Å². The first-order chi connectivity index (χ1) is 18.9. The van der Waals surface area contributed by atoms with Gasteiger partial charge in [-0.3, -0.25) is 14.9 Å². The number of hydrogen-bond acceptors (Lipinski definition) is 7. The second kappa shape index (κ2) is 8.62. The van der Waals surface area contributed by atoms with Crippen LogP contribution in [0.25, 0.3) is 22.4 Å². The predicted molar refractivity (Wildman–Crippen MR) is 140 cm³/mol. The number of urea groups is 1. The van der Waals surface area contributed by atoms with Crippen molar-refractivity contribution in [1.29, 1.82) is 0 Å². The highest BCUT2D eigenvalue weighted by atomic mass is 16.5. The third-order valence-corrected chi connectivity index (χ3v) is 7.78. The average Bonchev–Trinajstić information content (AvgIpc) is 3.50. The molecule has 0 bridgehead atoms. The second-order valence-electron chi connectivity index (χ2n) is 10.3. The molecule has 0 radical (unpaired) electrons. The van der Waals surface area contributed by atoms with Crippen molar-refractivity contribution < 1.29 is 19.1 Å². The summed E-state index contributed by atoms with van der Waals surface area (Å²) in [5, 5.41) is 5.15. The maximum Gasteiger partial charge on any atom is 0.322 e. The Bertz CT molecular complexity index is 1660. The first-order valence-corrected chi connectivity index (χ1v) is 12.8. The Labute approximate surface area is 223 Å². The molecule has 4 heterocycles. The number of nitrogens with zero attached hydrogens (tertiary/aromatic N) is 5. The monoisotopic (exact) mass is 523 g/mol. The van der Waals surface area contributed by atoms with Gasteiger partial charge >= 0.3 is 6.03 Å². The molecule has 2 N–H and O–H groups in total. The van der Waals surface area contributed by atoms with Crippen LogP contribution in [-0.2, 0) is 23.4 Å². The molecule has 2 aromatic carbocycles. The zero-order valence-electron chi connectivity index (χ0n) is 21.2. The number of methoxy groups -OCH3 is 1. The van der Waals surface area contributed by atoms with Crippen LogP contribution in [0.1, 0.15) is 34.3 Å². The van der Waals surface area contributed by atoms with Gasteiger partial charge in [-0.2, -0.15) is 0 Å². The van der Waals surface area contributed by atoms with Crippen LogP contribution in [0.5, 0.6) is 5.75 Å². The summed E-state index contributed by atoms with van der Waals surface area (Å²) in [6.07, 6.45) is 5.73. The van der Waals surface area contributed by atoms with Crippen molar-refractivity contribution in [3.63, 3.8) is 0 Å². The van der Waals surface area contributed by atoms with E-state index in [0.29, 0.717) is 35.0 Å². The van der Waals surface area contributed by atoms with Crippen molar-refractivity contribution in [3.05, 3.63) is 71.8 Å². The zero-order chi connectivity index (χ0) is 26.7. The minimum absolute atomic E-state index is 0.0222. The fourth-order valence-corrected chi connectivity index (χ4v) is 5.53. The molecule has 2 aromatic heterocycles. The fourth-order valence-electron chi connectivity index (χ4n) is 5.53. The molecule has 1 aliphatic carbocycles. The highest BCUT2D eigenvalue weighted by Gasteiger charge is 2.50. The number of rotatable bonds is 7. The van der Waals surface area contributed by atoms with E-state index in [2.05, 4.69) is 30.2 Å². The number of benzene rings is 2. The lowest BCUT2D eigenvalue weighted by atomic mass is 9.88. The summed E-state index contributed by atoms with van der Waals surface area (Å²) in [6, 6.07) is 12.1. The van der Waals surface area contributed by atoms with Crippen LogP contribution in [0.15, 0.2) is 55.1 Å². The molecule has 4 amide bonds. The van der Waals surface area contributed by atoms with Crippen LogP contribution in [0.2, 0.25) is 0 Å². The van der Waals surface area contributed by atoms with Crippen molar-refractivity contribution >= 4 is 29.0 Å². The quantitative estimate of drug-likeness (QED) is 0.356. The van der Waals surface area contributed by atoms with E-state index >= 15 is 0 Å². The number of amides is 4. The number of hydrogen-bond donors (Lipinski definition) is 2. The van der Waals surface area contributed by atoms with Gasteiger partial charge in [0.15, 0.2) is 11.2 Å². The molecular formula is C28H25N7O4. The lowest BCUT2D eigenvalue weighted by Crippen LogP contribution is -2.52. The van der Waals surface area contributed by atoms with Crippen LogP contribution in [0, 0.1) is 5.92 Å². The molecule has 196 valence electrons. The minimum atomic E-state index is -1.44. The molecule has 1 atom stereocenters. The Morgan fingerprint density at radius 3 is 2.59 bits per heavy atom. The predicted octanol–water partition coefficient (Wildman–Crippen LogP) is 2.60. The van der Waals surface area contributed by atoms with Crippen LogP contribution in [0.3, 0.4) is 0 Å². The Morgan fingerprint density at radius 2 is 1.87 bits per heavy atom. The van der Waals surface area contributed by atoms with E-state index in [1.54, 1.807) is 36.3 Å². The molecule has 0 unspecified atom stereocenters. The number of ether oxygens (including phenoxy) is 1. The SMILES string of the molecule is COc1ccc2c(c1)C(=O)N(C[C@@]1(c3ccc(-c4ncnc5ncn(CC6CC6)c45)cc3)NC(=O)NC1=O)C2. The van der Waals surface area contributed by atoms with Gasteiger partial charge in [0.2, 0.25) is 0 Å². The number of nitrogens with one attached hydrogen (secondary N) is 2. The maximum atomic E-state index is 13.3. The molecular weight excluding hydrogens is 498 g/mol. The van der Waals surface area contributed by atoms with Gasteiger partial charge in [0, 0.05) is 24.2 Å². The molecule has 39 heavy (non-hydrogen) atoms. The van der Waals surface area contributed by atoms with E-state index < -0.39 is 17.5 Å². The lowest BCUT2D eigenvalue weighted by Gasteiger charge is -2.31. The zero-order valence-corrected chi connectivity index (χ0v) is 21.2. The van der Waals surface area contributed by atoms with Crippen molar-refractivity contribution in [2.24, 2.45) is 5.92 Å². The minimum Gasteiger partial charge on any atom is -0.497 e. The van der Waals surface area contributed by atoms with Gasteiger partial charge < -0.3 is 19.5 Å². The second-order valence-corrected chi connectivity index (χ2v) is 10.3. The van der Waals surface area contributed by atoms with Crippen molar-refractivity contribution in [1.82, 2.24) is 35.1 Å². The van der Waals surface area contributed by atoms with Gasteiger partial charge in [0.25, 0.3) is 11.8 Å². The largest absolute Gasteiger partial charge is 0.497 e. The number of aromatic nitrogens is 4. The Kier molecular flexibility index (Phi) is 5.15. The first kappa shape index (κ1) is 23.3. The van der Waals surface area contributed by atoms with Crippen molar-refractivity contribution in [2.45, 2.75) is 31.5 Å². The number of imidazole rings is 1. The standard InChI is InChI=1S/C28H25N7O4/c1-39-20-9-6-18-12-34(25(36)21(18)10-20)13-28(26(37)32-27(38)33-28)19-7-4-17(5-8-19)22-23-24(30-14-29-22)31-15-35(23)11-16-2-3-16/h4-10,14-16H,2-3,11-13H2,1H3,(H2,32,33,37,38)/t28-/m0/s1. The van der Waals surface area contributed by atoms with E-state index in [0.717, 1.165) is 28.9 Å². The van der Waals surface area contributed by atoms with Gasteiger partial charge in [0.05, 0.1) is 25.7 Å². The number of carbonyl (C=O) groups excluding carboxylic acids is 3. The highest BCUT2D eigenvalue weighted by Crippen LogP contribution is 2.35. The molecule has 7 rings (SSSR count). The van der Waals surface area contributed by atoms with Gasteiger partial charge in [-0.15, -0.1) is 0 Å². The van der Waals surface area contributed by atoms with Crippen LogP contribution in [0.4, 0.5) is 4.79 Å². The van der Waals surface area contributed by atoms with E-state index in [9.17, 15) is 14.4 Å². The molecule has 0 spiro atoms. The van der Waals surface area contributed by atoms with E-state index in [1.165, 1.54) is 19.2 Å². The maximum absolute atomic E-state index is 13.3. The van der Waals surface area contributed by atoms with E-state index in [4.69, 9.17) is 4.74 Å². The summed E-state index contributed by atoms with van der Waals surface area (Å²) in [7, 11) is 1.55. The van der Waals surface area contributed by atoms with Gasteiger partial charge in [-0.25, -0.2) is 19.7 Å². The molecule has 1 saturated carbocycles. The van der Waals surface area contributed by atoms with Gasteiger partial charge in [-0.1, -0.05) is 30.3 Å². The van der Waals surface area contributed by atoms with Gasteiger partial charge in [-0.05, 0) is 42.0 Å². The molecule has 1 saturated heterocycles. The first-order valence-electron chi connectivity index (χ1n) is 12.8. The summed E-state index contributed by atoms with van der Waals surface area (Å²) >= 11 is 0. The van der Waals surface area contributed by atoms with Crippen LogP contribution >= 0.6 is 0 Å². The summed E-state index contributed by atoms with van der Waals surface area (Å²) in [5.41, 5.74) is 3.58. The Hall–Kier alpha value is -4.80. The summed E-state index contributed by atoms with van der Waals surface area (Å²) in [6.45, 7) is 1.18. The molecule has 11 nitrogen and oxygen atoms in total. The molecule has 4 aromatic rings. The normalized spacial score (nSPS) is 20.3. The number of fused-ring (bicyclic) bond motifs is 2. The number of imide groups is 1. The molecule has 2 fully saturated rings. The smallest absolute Gasteiger partial charge is 0.322 e. The van der Waals surface area contributed by atoms with Crippen LogP contribution in [-0.4, -0.2) is 55.9 Å². The summed E-state index contributed by atoms with van der Waals surface area (Å²) < 4.78 is 7.37. The molecule has 2 aliphatic heterocycles. The summed E-state index contributed by atoms with van der Waals surface area (Å²) in [4.78, 5) is 53.8. The average molecular weight is 524 g/mol. The topological polar surface area (TPSA) is 131 Å². The number of carbonyl (C=O) groups is 3. The summed E-state index contributed by atoms with van der Waals surface area (Å²) in [5.74, 6) is 0.510. The molecule has 3 aliphatic rings. The van der Waals surface area contributed by atoms with Crippen LogP contribution < -0.4 is 15.4 Å². The fraction of sp³-hybridized carbons (Fsp3) is 0.286. The van der Waals surface area contributed by atoms with E-state index in [-0.39, 0.29) is 12.5 Å². The molecule has 11 heteroatoms.